The minimum absolute atomic E-state index is 0.106. The highest BCUT2D eigenvalue weighted by molar-refractivity contribution is 5.74. The Kier molecular flexibility index (Phi) is 4.99. The first-order valence-electron chi connectivity index (χ1n) is 8.11. The lowest BCUT2D eigenvalue weighted by Crippen LogP contribution is -2.41. The molecule has 0 atom stereocenters. The first-order chi connectivity index (χ1) is 12.1. The summed E-state index contributed by atoms with van der Waals surface area (Å²) >= 11 is 0. The van der Waals surface area contributed by atoms with Gasteiger partial charge in [-0.15, -0.1) is 0 Å². The van der Waals surface area contributed by atoms with Gasteiger partial charge in [-0.25, -0.2) is 14.8 Å². The van der Waals surface area contributed by atoms with Crippen LogP contribution in [0.4, 0.5) is 4.79 Å². The van der Waals surface area contributed by atoms with E-state index in [9.17, 15) is 9.90 Å². The number of aliphatic hydroxyl groups is 1. The van der Waals surface area contributed by atoms with Gasteiger partial charge in [-0.1, -0.05) is 6.07 Å². The molecule has 0 aliphatic rings. The number of imidazole rings is 2. The van der Waals surface area contributed by atoms with Gasteiger partial charge in [-0.3, -0.25) is 0 Å². The van der Waals surface area contributed by atoms with Crippen LogP contribution in [-0.2, 0) is 20.1 Å². The van der Waals surface area contributed by atoms with E-state index in [-0.39, 0.29) is 19.2 Å². The number of amides is 2. The lowest BCUT2D eigenvalue weighted by atomic mass is 10.3. The third kappa shape index (κ3) is 3.97. The van der Waals surface area contributed by atoms with Crippen LogP contribution in [0, 0.1) is 6.92 Å². The zero-order valence-corrected chi connectivity index (χ0v) is 14.4. The van der Waals surface area contributed by atoms with Crippen molar-refractivity contribution in [3.63, 3.8) is 0 Å². The molecule has 0 fully saturated rings. The van der Waals surface area contributed by atoms with E-state index in [4.69, 9.17) is 0 Å². The molecule has 0 radical (unpaired) electrons. The number of nitrogens with zero attached hydrogens (tertiary/aromatic N) is 5. The van der Waals surface area contributed by atoms with Crippen LogP contribution in [0.2, 0.25) is 0 Å². The molecule has 0 saturated heterocycles. The predicted molar refractivity (Wildman–Crippen MR) is 92.9 cm³/mol. The van der Waals surface area contributed by atoms with Crippen molar-refractivity contribution in [1.82, 2.24) is 29.2 Å². The third-order valence-corrected chi connectivity index (χ3v) is 3.98. The van der Waals surface area contributed by atoms with E-state index >= 15 is 0 Å². The Hall–Kier alpha value is -2.87. The van der Waals surface area contributed by atoms with Gasteiger partial charge >= 0.3 is 6.03 Å². The van der Waals surface area contributed by atoms with Crippen molar-refractivity contribution in [2.45, 2.75) is 20.0 Å². The maximum atomic E-state index is 12.4. The molecule has 2 amide bonds. The summed E-state index contributed by atoms with van der Waals surface area (Å²) in [6.07, 6.45) is 7.40. The smallest absolute Gasteiger partial charge is 0.318 e. The van der Waals surface area contributed by atoms with Crippen molar-refractivity contribution in [2.24, 2.45) is 7.05 Å². The number of carbonyl (C=O) groups is 1. The molecule has 0 saturated carbocycles. The molecular formula is C17H22N6O2. The van der Waals surface area contributed by atoms with Crippen molar-refractivity contribution < 1.29 is 9.90 Å². The Morgan fingerprint density at radius 1 is 1.36 bits per heavy atom. The Labute approximate surface area is 145 Å². The normalized spacial score (nSPS) is 11.0. The summed E-state index contributed by atoms with van der Waals surface area (Å²) in [5.41, 5.74) is 2.76. The zero-order valence-electron chi connectivity index (χ0n) is 14.4. The van der Waals surface area contributed by atoms with E-state index < -0.39 is 0 Å². The average molecular weight is 342 g/mol. The first kappa shape index (κ1) is 17.0. The minimum atomic E-state index is -0.259. The molecule has 0 bridgehead atoms. The zero-order chi connectivity index (χ0) is 17.8. The van der Waals surface area contributed by atoms with Crippen molar-refractivity contribution in [2.75, 3.05) is 13.2 Å². The lowest BCUT2D eigenvalue weighted by Gasteiger charge is -2.21. The summed E-state index contributed by atoms with van der Waals surface area (Å²) in [6.45, 7) is 2.81. The summed E-state index contributed by atoms with van der Waals surface area (Å²) in [7, 11) is 1.87. The number of hydrogen-bond acceptors (Lipinski definition) is 4. The van der Waals surface area contributed by atoms with Crippen LogP contribution in [0.3, 0.4) is 0 Å². The van der Waals surface area contributed by atoms with E-state index in [1.807, 2.05) is 53.7 Å². The van der Waals surface area contributed by atoms with Crippen LogP contribution < -0.4 is 5.32 Å². The van der Waals surface area contributed by atoms with Crippen LogP contribution in [0.15, 0.2) is 36.9 Å². The van der Waals surface area contributed by atoms with Crippen LogP contribution >= 0.6 is 0 Å². The van der Waals surface area contributed by atoms with Gasteiger partial charge in [0, 0.05) is 38.4 Å². The van der Waals surface area contributed by atoms with Gasteiger partial charge in [0.25, 0.3) is 0 Å². The molecule has 8 heteroatoms. The fraction of sp³-hybridized carbons (Fsp3) is 0.353. The second kappa shape index (κ2) is 7.35. The fourth-order valence-electron chi connectivity index (χ4n) is 2.61. The number of nitrogens with one attached hydrogen (secondary N) is 1. The molecule has 3 rings (SSSR count). The van der Waals surface area contributed by atoms with Gasteiger partial charge in [0.2, 0.25) is 0 Å². The molecule has 0 aliphatic carbocycles. The van der Waals surface area contributed by atoms with Crippen molar-refractivity contribution in [1.29, 1.82) is 0 Å². The highest BCUT2D eigenvalue weighted by Crippen LogP contribution is 2.08. The molecule has 132 valence electrons. The number of fused-ring (bicyclic) bond motifs is 1. The number of aliphatic hydroxyl groups excluding tert-OH is 1. The van der Waals surface area contributed by atoms with Gasteiger partial charge < -0.3 is 24.3 Å². The highest BCUT2D eigenvalue weighted by atomic mass is 16.3. The lowest BCUT2D eigenvalue weighted by molar-refractivity contribution is 0.171. The Bertz CT molecular complexity index is 869. The Morgan fingerprint density at radius 2 is 2.20 bits per heavy atom. The number of aryl methyl sites for hydroxylation is 2. The Morgan fingerprint density at radius 3 is 2.92 bits per heavy atom. The number of urea groups is 1. The predicted octanol–water partition coefficient (Wildman–Crippen LogP) is 1.08. The summed E-state index contributed by atoms with van der Waals surface area (Å²) in [5.74, 6) is 0.756. The number of hydrogen-bond donors (Lipinski definition) is 2. The van der Waals surface area contributed by atoms with E-state index in [2.05, 4.69) is 15.3 Å². The molecule has 3 heterocycles. The van der Waals surface area contributed by atoms with Gasteiger partial charge in [0.15, 0.2) is 0 Å². The monoisotopic (exact) mass is 342 g/mol. The molecule has 25 heavy (non-hydrogen) atoms. The maximum Gasteiger partial charge on any atom is 0.318 e. The van der Waals surface area contributed by atoms with Gasteiger partial charge in [-0.05, 0) is 18.6 Å². The van der Waals surface area contributed by atoms with Crippen molar-refractivity contribution in [3.05, 3.63) is 54.0 Å². The molecule has 3 aromatic rings. The van der Waals surface area contributed by atoms with E-state index in [0.717, 1.165) is 22.7 Å². The third-order valence-electron chi connectivity index (χ3n) is 3.98. The van der Waals surface area contributed by atoms with Crippen molar-refractivity contribution >= 4 is 11.7 Å². The van der Waals surface area contributed by atoms with Gasteiger partial charge in [-0.2, -0.15) is 0 Å². The molecule has 0 aliphatic heterocycles. The highest BCUT2D eigenvalue weighted by Gasteiger charge is 2.15. The number of carbonyl (C=O) groups excluding carboxylic acids is 1. The molecule has 3 aromatic heterocycles. The topological polar surface area (TPSA) is 87.7 Å². The Balaban J connectivity index is 1.64. The number of aromatic nitrogens is 4. The quantitative estimate of drug-likeness (QED) is 0.702. The molecule has 8 nitrogen and oxygen atoms in total. The summed E-state index contributed by atoms with van der Waals surface area (Å²) in [5, 5.41) is 12.1. The second-order valence-corrected chi connectivity index (χ2v) is 5.96. The molecule has 0 spiro atoms. The van der Waals surface area contributed by atoms with Crippen LogP contribution in [-0.4, -0.2) is 48.1 Å². The molecule has 0 aromatic carbocycles. The SMILES string of the molecule is Cc1ccc2nc(CNC(=O)N(CCO)Cc3nccn3C)cn2c1. The number of pyridine rings is 1. The van der Waals surface area contributed by atoms with E-state index in [1.165, 1.54) is 4.90 Å². The van der Waals surface area contributed by atoms with Crippen molar-refractivity contribution in [3.8, 4) is 0 Å². The number of rotatable bonds is 6. The van der Waals surface area contributed by atoms with E-state index in [1.54, 1.807) is 6.20 Å². The van der Waals surface area contributed by atoms with Crippen LogP contribution in [0.5, 0.6) is 0 Å². The van der Waals surface area contributed by atoms with Crippen LogP contribution in [0.25, 0.3) is 5.65 Å². The molecular weight excluding hydrogens is 320 g/mol. The van der Waals surface area contributed by atoms with Crippen LogP contribution in [0.1, 0.15) is 17.1 Å². The fourth-order valence-corrected chi connectivity index (χ4v) is 2.61. The minimum Gasteiger partial charge on any atom is -0.395 e. The average Bonchev–Trinajstić information content (AvgIpc) is 3.17. The maximum absolute atomic E-state index is 12.4. The summed E-state index contributed by atoms with van der Waals surface area (Å²) in [6, 6.07) is 3.69. The second-order valence-electron chi connectivity index (χ2n) is 5.96. The molecule has 2 N–H and O–H groups in total. The summed E-state index contributed by atoms with van der Waals surface area (Å²) in [4.78, 5) is 22.7. The van der Waals surface area contributed by atoms with Gasteiger partial charge in [0.05, 0.1) is 25.4 Å². The summed E-state index contributed by atoms with van der Waals surface area (Å²) < 4.78 is 3.79. The molecule has 0 unspecified atom stereocenters. The standard InChI is InChI=1S/C17H22N6O2/c1-13-3-4-15-20-14(11-23(15)10-13)9-19-17(25)22(7-8-24)12-16-18-5-6-21(16)2/h3-6,10-11,24H,7-9,12H2,1-2H3,(H,19,25). The first-order valence-corrected chi connectivity index (χ1v) is 8.11. The largest absolute Gasteiger partial charge is 0.395 e. The van der Waals surface area contributed by atoms with Gasteiger partial charge in [0.1, 0.15) is 11.5 Å². The van der Waals surface area contributed by atoms with E-state index in [0.29, 0.717) is 13.1 Å².